The molecule has 1 aliphatic carbocycles. The van der Waals surface area contributed by atoms with Crippen LogP contribution in [0, 0.1) is 0 Å². The molecule has 0 bridgehead atoms. The number of carbonyl (C=O) groups is 2. The van der Waals surface area contributed by atoms with E-state index in [1.807, 2.05) is 19.9 Å². The second-order valence-corrected chi connectivity index (χ2v) is 7.90. The monoisotopic (exact) mass is 369 g/mol. The summed E-state index contributed by atoms with van der Waals surface area (Å²) in [5.41, 5.74) is 1.77. The molecule has 0 spiro atoms. The van der Waals surface area contributed by atoms with Gasteiger partial charge >= 0.3 is 0 Å². The first-order chi connectivity index (χ1) is 12.7. The van der Waals surface area contributed by atoms with Crippen molar-refractivity contribution in [1.29, 1.82) is 0 Å². The van der Waals surface area contributed by atoms with E-state index in [2.05, 4.69) is 35.6 Å². The highest BCUT2D eigenvalue weighted by atomic mass is 16.2. The Morgan fingerprint density at radius 3 is 2.70 bits per heavy atom. The summed E-state index contributed by atoms with van der Waals surface area (Å²) in [6.45, 7) is 13.4. The zero-order chi connectivity index (χ0) is 19.8. The molecule has 2 amide bonds. The van der Waals surface area contributed by atoms with Crippen LogP contribution in [0.25, 0.3) is 5.57 Å². The van der Waals surface area contributed by atoms with E-state index in [0.29, 0.717) is 37.3 Å². The van der Waals surface area contributed by atoms with Crippen LogP contribution in [-0.4, -0.2) is 57.9 Å². The van der Waals surface area contributed by atoms with Crippen molar-refractivity contribution in [1.82, 2.24) is 20.2 Å². The number of nitrogens with zero attached hydrogens (tertiary/aromatic N) is 4. The molecule has 0 radical (unpaired) electrons. The van der Waals surface area contributed by atoms with Gasteiger partial charge in [-0.15, -0.1) is 0 Å². The molecule has 0 atom stereocenters. The van der Waals surface area contributed by atoms with Crippen LogP contribution < -0.4 is 10.2 Å². The van der Waals surface area contributed by atoms with Gasteiger partial charge in [-0.1, -0.05) is 12.7 Å². The van der Waals surface area contributed by atoms with Crippen molar-refractivity contribution in [3.8, 4) is 0 Å². The molecule has 0 unspecified atom stereocenters. The molecular formula is C20H27N5O2. The van der Waals surface area contributed by atoms with Crippen molar-refractivity contribution >= 4 is 23.2 Å². The lowest BCUT2D eigenvalue weighted by Crippen LogP contribution is -2.60. The van der Waals surface area contributed by atoms with E-state index in [0.717, 1.165) is 11.5 Å². The lowest BCUT2D eigenvalue weighted by molar-refractivity contribution is -0.127. The molecule has 2 aliphatic rings. The summed E-state index contributed by atoms with van der Waals surface area (Å²) in [4.78, 5) is 37.7. The van der Waals surface area contributed by atoms with Crippen LogP contribution >= 0.6 is 0 Å². The third-order valence-corrected chi connectivity index (χ3v) is 4.92. The van der Waals surface area contributed by atoms with Crippen molar-refractivity contribution in [2.24, 2.45) is 0 Å². The zero-order valence-corrected chi connectivity index (χ0v) is 16.5. The molecule has 2 heterocycles. The van der Waals surface area contributed by atoms with E-state index < -0.39 is 0 Å². The van der Waals surface area contributed by atoms with Crippen molar-refractivity contribution in [2.45, 2.75) is 45.7 Å². The number of allylic oxidation sites excluding steroid dienone is 1. The SMILES string of the molecule is C=CC(=O)N1CCN(c2cnc3c(n2)C(C(=O)NC(C)C)=CC3)C(C)(C)C1. The fourth-order valence-corrected chi connectivity index (χ4v) is 3.63. The Hall–Kier alpha value is -2.70. The van der Waals surface area contributed by atoms with Gasteiger partial charge in [-0.05, 0) is 33.8 Å². The van der Waals surface area contributed by atoms with Crippen LogP contribution in [-0.2, 0) is 16.0 Å². The number of aromatic nitrogens is 2. The van der Waals surface area contributed by atoms with E-state index in [1.54, 1.807) is 11.1 Å². The fourth-order valence-electron chi connectivity index (χ4n) is 3.63. The smallest absolute Gasteiger partial charge is 0.253 e. The first-order valence-electron chi connectivity index (χ1n) is 9.29. The summed E-state index contributed by atoms with van der Waals surface area (Å²) >= 11 is 0. The maximum absolute atomic E-state index is 12.5. The van der Waals surface area contributed by atoms with Gasteiger partial charge in [0.15, 0.2) is 0 Å². The molecular weight excluding hydrogens is 342 g/mol. The highest BCUT2D eigenvalue weighted by Crippen LogP contribution is 2.30. The molecule has 0 aromatic carbocycles. The summed E-state index contributed by atoms with van der Waals surface area (Å²) in [7, 11) is 0. The van der Waals surface area contributed by atoms with Crippen LogP contribution in [0.15, 0.2) is 24.9 Å². The minimum absolute atomic E-state index is 0.0571. The second kappa shape index (κ2) is 7.13. The third-order valence-electron chi connectivity index (χ3n) is 4.92. The largest absolute Gasteiger partial charge is 0.350 e. The zero-order valence-electron chi connectivity index (χ0n) is 16.5. The number of piperazine rings is 1. The normalized spacial score (nSPS) is 18.2. The lowest BCUT2D eigenvalue weighted by atomic mass is 9.98. The molecule has 1 N–H and O–H groups in total. The van der Waals surface area contributed by atoms with Crippen molar-refractivity contribution in [3.05, 3.63) is 36.3 Å². The summed E-state index contributed by atoms with van der Waals surface area (Å²) in [6.07, 6.45) is 5.63. The number of nitrogens with one attached hydrogen (secondary N) is 1. The quantitative estimate of drug-likeness (QED) is 0.815. The number of hydrogen-bond donors (Lipinski definition) is 1. The van der Waals surface area contributed by atoms with Gasteiger partial charge in [0.2, 0.25) is 5.91 Å². The van der Waals surface area contributed by atoms with Gasteiger partial charge in [0.25, 0.3) is 5.91 Å². The number of carbonyl (C=O) groups excluding carboxylic acids is 2. The van der Waals surface area contributed by atoms with E-state index in [4.69, 9.17) is 4.98 Å². The van der Waals surface area contributed by atoms with E-state index in [-0.39, 0.29) is 23.4 Å². The highest BCUT2D eigenvalue weighted by Gasteiger charge is 2.36. The number of hydrogen-bond acceptors (Lipinski definition) is 5. The molecule has 1 fully saturated rings. The predicted octanol–water partition coefficient (Wildman–Crippen LogP) is 1.55. The molecule has 144 valence electrons. The van der Waals surface area contributed by atoms with Gasteiger partial charge in [-0.25, -0.2) is 4.98 Å². The van der Waals surface area contributed by atoms with Crippen LogP contribution in [0.1, 0.15) is 39.1 Å². The van der Waals surface area contributed by atoms with E-state index in [9.17, 15) is 9.59 Å². The Bertz CT molecular complexity index is 813. The number of rotatable bonds is 4. The van der Waals surface area contributed by atoms with Gasteiger partial charge < -0.3 is 15.1 Å². The highest BCUT2D eigenvalue weighted by molar-refractivity contribution is 6.20. The Morgan fingerprint density at radius 1 is 1.33 bits per heavy atom. The molecule has 7 heteroatoms. The maximum Gasteiger partial charge on any atom is 0.253 e. The van der Waals surface area contributed by atoms with Crippen LogP contribution in [0.5, 0.6) is 0 Å². The molecule has 1 aromatic heterocycles. The molecule has 0 saturated carbocycles. The average Bonchev–Trinajstić information content (AvgIpc) is 3.02. The first kappa shape index (κ1) is 19.1. The van der Waals surface area contributed by atoms with Crippen LogP contribution in [0.4, 0.5) is 5.82 Å². The molecule has 1 aliphatic heterocycles. The molecule has 1 saturated heterocycles. The Labute approximate surface area is 160 Å². The van der Waals surface area contributed by atoms with Gasteiger partial charge in [0.1, 0.15) is 5.82 Å². The molecule has 3 rings (SSSR count). The van der Waals surface area contributed by atoms with Crippen molar-refractivity contribution in [3.63, 3.8) is 0 Å². The topological polar surface area (TPSA) is 78.4 Å². The summed E-state index contributed by atoms with van der Waals surface area (Å²) in [6, 6.07) is 0.0630. The summed E-state index contributed by atoms with van der Waals surface area (Å²) in [5, 5.41) is 2.92. The average molecular weight is 369 g/mol. The van der Waals surface area contributed by atoms with Gasteiger partial charge in [-0.3, -0.25) is 14.6 Å². The molecule has 7 nitrogen and oxygen atoms in total. The standard InChI is InChI=1S/C20H27N5O2/c1-6-17(26)24-9-10-25(20(4,5)12-24)16-11-21-15-8-7-14(18(15)23-16)19(27)22-13(2)3/h6-7,11,13H,1,8-10,12H2,2-5H3,(H,22,27). The van der Waals surface area contributed by atoms with E-state index in [1.165, 1.54) is 6.08 Å². The Kier molecular flexibility index (Phi) is 5.04. The Morgan fingerprint density at radius 2 is 2.07 bits per heavy atom. The van der Waals surface area contributed by atoms with Gasteiger partial charge in [-0.2, -0.15) is 0 Å². The number of anilines is 1. The number of amides is 2. The fraction of sp³-hybridized carbons (Fsp3) is 0.500. The first-order valence-corrected chi connectivity index (χ1v) is 9.29. The summed E-state index contributed by atoms with van der Waals surface area (Å²) in [5.74, 6) is 0.559. The van der Waals surface area contributed by atoms with Gasteiger partial charge in [0.05, 0.1) is 28.7 Å². The molecule has 1 aromatic rings. The number of fused-ring (bicyclic) bond motifs is 1. The second-order valence-electron chi connectivity index (χ2n) is 7.90. The maximum atomic E-state index is 12.5. The lowest BCUT2D eigenvalue weighted by Gasteiger charge is -2.47. The summed E-state index contributed by atoms with van der Waals surface area (Å²) < 4.78 is 0. The predicted molar refractivity (Wildman–Crippen MR) is 105 cm³/mol. The van der Waals surface area contributed by atoms with Crippen LogP contribution in [0.2, 0.25) is 0 Å². The minimum Gasteiger partial charge on any atom is -0.350 e. The van der Waals surface area contributed by atoms with Crippen LogP contribution in [0.3, 0.4) is 0 Å². The Balaban J connectivity index is 1.85. The van der Waals surface area contributed by atoms with Crippen molar-refractivity contribution < 1.29 is 9.59 Å². The third kappa shape index (κ3) is 3.72. The minimum atomic E-state index is -0.303. The van der Waals surface area contributed by atoms with Gasteiger partial charge in [0, 0.05) is 32.1 Å². The van der Waals surface area contributed by atoms with Crippen molar-refractivity contribution in [2.75, 3.05) is 24.5 Å². The molecule has 27 heavy (non-hydrogen) atoms. The van der Waals surface area contributed by atoms with E-state index >= 15 is 0 Å².